The van der Waals surface area contributed by atoms with Gasteiger partial charge in [-0.3, -0.25) is 0 Å². The third-order valence-electron chi connectivity index (χ3n) is 3.44. The van der Waals surface area contributed by atoms with Crippen LogP contribution in [0.5, 0.6) is 0 Å². The van der Waals surface area contributed by atoms with Crippen LogP contribution in [0.15, 0.2) is 0 Å². The summed E-state index contributed by atoms with van der Waals surface area (Å²) in [6.07, 6.45) is 5.93. The molecule has 78 valence electrons. The normalized spacial score (nSPS) is 23.8. The van der Waals surface area contributed by atoms with Crippen LogP contribution in [0.25, 0.3) is 0 Å². The number of rotatable bonds is 4. The Morgan fingerprint density at radius 1 is 1.15 bits per heavy atom. The van der Waals surface area contributed by atoms with Crippen LogP contribution in [0.1, 0.15) is 53.4 Å². The zero-order chi connectivity index (χ0) is 9.90. The molecule has 1 saturated carbocycles. The van der Waals surface area contributed by atoms with Crippen LogP contribution >= 0.6 is 0 Å². The Bertz CT molecular complexity index is 145. The third-order valence-corrected chi connectivity index (χ3v) is 3.44. The Morgan fingerprint density at radius 3 is 2.15 bits per heavy atom. The molecule has 1 heteroatoms. The molecule has 1 unspecified atom stereocenters. The van der Waals surface area contributed by atoms with Crippen LogP contribution < -0.4 is 0 Å². The van der Waals surface area contributed by atoms with Crippen LogP contribution in [-0.2, 0) is 4.74 Å². The van der Waals surface area contributed by atoms with E-state index in [0.717, 1.165) is 6.61 Å². The molecule has 0 bridgehead atoms. The van der Waals surface area contributed by atoms with E-state index in [0.29, 0.717) is 17.4 Å². The molecular weight excluding hydrogens is 160 g/mol. The molecule has 0 spiro atoms. The van der Waals surface area contributed by atoms with Gasteiger partial charge in [-0.15, -0.1) is 0 Å². The van der Waals surface area contributed by atoms with Crippen molar-refractivity contribution in [3.8, 4) is 0 Å². The molecule has 0 radical (unpaired) electrons. The molecule has 1 fully saturated rings. The molecule has 0 heterocycles. The van der Waals surface area contributed by atoms with Crippen molar-refractivity contribution in [3.05, 3.63) is 0 Å². The van der Waals surface area contributed by atoms with E-state index >= 15 is 0 Å². The molecule has 0 saturated heterocycles. The summed E-state index contributed by atoms with van der Waals surface area (Å²) in [6, 6.07) is 0. The molecule has 0 amide bonds. The summed E-state index contributed by atoms with van der Waals surface area (Å²) >= 11 is 0. The van der Waals surface area contributed by atoms with E-state index in [2.05, 4.69) is 27.7 Å². The van der Waals surface area contributed by atoms with Gasteiger partial charge in [0, 0.05) is 0 Å². The van der Waals surface area contributed by atoms with Gasteiger partial charge in [0.05, 0.1) is 12.7 Å². The molecule has 0 N–H and O–H groups in total. The zero-order valence-corrected chi connectivity index (χ0v) is 9.60. The fraction of sp³-hybridized carbons (Fsp3) is 1.00. The van der Waals surface area contributed by atoms with Gasteiger partial charge in [0.2, 0.25) is 0 Å². The highest BCUT2D eigenvalue weighted by atomic mass is 16.5. The van der Waals surface area contributed by atoms with Gasteiger partial charge < -0.3 is 4.74 Å². The Hall–Kier alpha value is -0.0400. The van der Waals surface area contributed by atoms with Crippen molar-refractivity contribution in [1.82, 2.24) is 0 Å². The summed E-state index contributed by atoms with van der Waals surface area (Å²) in [5.41, 5.74) is 0.489. The second kappa shape index (κ2) is 4.45. The van der Waals surface area contributed by atoms with Crippen LogP contribution in [0.3, 0.4) is 0 Å². The summed E-state index contributed by atoms with van der Waals surface area (Å²) in [5.74, 6) is 0.644. The fourth-order valence-electron chi connectivity index (χ4n) is 1.90. The van der Waals surface area contributed by atoms with Gasteiger partial charge in [-0.2, -0.15) is 0 Å². The highest BCUT2D eigenvalue weighted by molar-refractivity contribution is 4.80. The van der Waals surface area contributed by atoms with Crippen molar-refractivity contribution in [2.75, 3.05) is 6.61 Å². The van der Waals surface area contributed by atoms with Gasteiger partial charge in [0.1, 0.15) is 0 Å². The lowest BCUT2D eigenvalue weighted by atomic mass is 9.90. The Kier molecular flexibility index (Phi) is 3.78. The minimum Gasteiger partial charge on any atom is -0.378 e. The number of hydrogen-bond acceptors (Lipinski definition) is 1. The standard InChI is InChI=1S/C12H24O/c1-10(2)11(3)13-9-12(4)7-5-6-8-12/h10-11H,5-9H2,1-4H3. The SMILES string of the molecule is CC(C)C(C)OCC1(C)CCCC1. The van der Waals surface area contributed by atoms with Crippen molar-refractivity contribution in [2.45, 2.75) is 59.5 Å². The van der Waals surface area contributed by atoms with Gasteiger partial charge in [-0.05, 0) is 31.1 Å². The monoisotopic (exact) mass is 184 g/mol. The summed E-state index contributed by atoms with van der Waals surface area (Å²) in [4.78, 5) is 0. The van der Waals surface area contributed by atoms with Crippen LogP contribution in [-0.4, -0.2) is 12.7 Å². The van der Waals surface area contributed by atoms with E-state index < -0.39 is 0 Å². The van der Waals surface area contributed by atoms with Crippen molar-refractivity contribution in [3.63, 3.8) is 0 Å². The summed E-state index contributed by atoms with van der Waals surface area (Å²) in [7, 11) is 0. The topological polar surface area (TPSA) is 9.23 Å². The number of ether oxygens (including phenoxy) is 1. The van der Waals surface area contributed by atoms with E-state index in [1.54, 1.807) is 0 Å². The van der Waals surface area contributed by atoms with E-state index in [1.165, 1.54) is 25.7 Å². The largest absolute Gasteiger partial charge is 0.378 e. The van der Waals surface area contributed by atoms with Crippen LogP contribution in [0, 0.1) is 11.3 Å². The molecule has 0 aromatic carbocycles. The molecule has 1 rings (SSSR count). The average Bonchev–Trinajstić information content (AvgIpc) is 2.48. The predicted octanol–water partition coefficient (Wildman–Crippen LogP) is 3.63. The van der Waals surface area contributed by atoms with E-state index in [1.807, 2.05) is 0 Å². The maximum absolute atomic E-state index is 5.89. The van der Waals surface area contributed by atoms with Gasteiger partial charge in [-0.1, -0.05) is 33.6 Å². The molecule has 0 aliphatic heterocycles. The summed E-state index contributed by atoms with van der Waals surface area (Å²) in [6.45, 7) is 9.96. The van der Waals surface area contributed by atoms with Gasteiger partial charge >= 0.3 is 0 Å². The first-order valence-electron chi connectivity index (χ1n) is 5.65. The molecule has 1 aliphatic carbocycles. The molecular formula is C12H24O. The highest BCUT2D eigenvalue weighted by Crippen LogP contribution is 2.37. The summed E-state index contributed by atoms with van der Waals surface area (Å²) < 4.78 is 5.89. The Balaban J connectivity index is 2.24. The lowest BCUT2D eigenvalue weighted by molar-refractivity contribution is -0.0136. The smallest absolute Gasteiger partial charge is 0.0570 e. The minimum absolute atomic E-state index is 0.414. The zero-order valence-electron chi connectivity index (χ0n) is 9.60. The predicted molar refractivity (Wildman–Crippen MR) is 56.8 cm³/mol. The molecule has 1 atom stereocenters. The van der Waals surface area contributed by atoms with E-state index in [-0.39, 0.29) is 0 Å². The van der Waals surface area contributed by atoms with Gasteiger partial charge in [-0.25, -0.2) is 0 Å². The minimum atomic E-state index is 0.414. The van der Waals surface area contributed by atoms with Crippen LogP contribution in [0.4, 0.5) is 0 Å². The van der Waals surface area contributed by atoms with E-state index in [9.17, 15) is 0 Å². The first-order valence-corrected chi connectivity index (χ1v) is 5.65. The van der Waals surface area contributed by atoms with Crippen molar-refractivity contribution in [1.29, 1.82) is 0 Å². The lowest BCUT2D eigenvalue weighted by Gasteiger charge is -2.27. The molecule has 0 aromatic rings. The molecule has 1 aliphatic rings. The van der Waals surface area contributed by atoms with Gasteiger partial charge in [0.15, 0.2) is 0 Å². The summed E-state index contributed by atoms with van der Waals surface area (Å²) in [5, 5.41) is 0. The maximum Gasteiger partial charge on any atom is 0.0570 e. The highest BCUT2D eigenvalue weighted by Gasteiger charge is 2.29. The second-order valence-electron chi connectivity index (χ2n) is 5.28. The third kappa shape index (κ3) is 3.30. The maximum atomic E-state index is 5.89. The Labute approximate surface area is 82.9 Å². The molecule has 1 nitrogen and oxygen atoms in total. The first-order chi connectivity index (χ1) is 6.03. The quantitative estimate of drug-likeness (QED) is 0.648. The van der Waals surface area contributed by atoms with Crippen LogP contribution in [0.2, 0.25) is 0 Å². The van der Waals surface area contributed by atoms with Gasteiger partial charge in [0.25, 0.3) is 0 Å². The van der Waals surface area contributed by atoms with Crippen molar-refractivity contribution >= 4 is 0 Å². The Morgan fingerprint density at radius 2 is 1.69 bits per heavy atom. The fourth-order valence-corrected chi connectivity index (χ4v) is 1.90. The van der Waals surface area contributed by atoms with Crippen molar-refractivity contribution < 1.29 is 4.74 Å². The molecule has 13 heavy (non-hydrogen) atoms. The lowest BCUT2D eigenvalue weighted by Crippen LogP contribution is -2.25. The van der Waals surface area contributed by atoms with E-state index in [4.69, 9.17) is 4.74 Å². The average molecular weight is 184 g/mol. The molecule has 0 aromatic heterocycles. The second-order valence-corrected chi connectivity index (χ2v) is 5.28. The number of hydrogen-bond donors (Lipinski definition) is 0. The van der Waals surface area contributed by atoms with Crippen molar-refractivity contribution in [2.24, 2.45) is 11.3 Å². The first kappa shape index (κ1) is 11.0.